The third-order valence-corrected chi connectivity index (χ3v) is 5.10. The standard InChI is InChI=1S/C15H11Cl3INO/c1-20(8-10-2-4-11(16)7-12(10)17)15(21)9-3-5-14(19)13(18)6-9/h2-7H,8H2,1H3. The van der Waals surface area contributed by atoms with E-state index in [0.717, 1.165) is 9.13 Å². The highest BCUT2D eigenvalue weighted by atomic mass is 127. The lowest BCUT2D eigenvalue weighted by atomic mass is 10.1. The van der Waals surface area contributed by atoms with Crippen molar-refractivity contribution in [3.8, 4) is 0 Å². The quantitative estimate of drug-likeness (QED) is 0.559. The van der Waals surface area contributed by atoms with E-state index in [2.05, 4.69) is 22.6 Å². The van der Waals surface area contributed by atoms with Gasteiger partial charge in [0.05, 0.1) is 5.02 Å². The monoisotopic (exact) mass is 453 g/mol. The van der Waals surface area contributed by atoms with Gasteiger partial charge >= 0.3 is 0 Å². The highest BCUT2D eigenvalue weighted by Gasteiger charge is 2.14. The molecule has 0 unspecified atom stereocenters. The maximum atomic E-state index is 12.4. The van der Waals surface area contributed by atoms with Crippen LogP contribution < -0.4 is 0 Å². The van der Waals surface area contributed by atoms with Crippen LogP contribution in [-0.2, 0) is 6.54 Å². The molecule has 110 valence electrons. The number of rotatable bonds is 3. The number of amides is 1. The van der Waals surface area contributed by atoms with Crippen LogP contribution in [0.1, 0.15) is 15.9 Å². The number of carbonyl (C=O) groups is 1. The van der Waals surface area contributed by atoms with Gasteiger partial charge in [-0.3, -0.25) is 4.79 Å². The Morgan fingerprint density at radius 2 is 1.81 bits per heavy atom. The number of carbonyl (C=O) groups excluding carboxylic acids is 1. The minimum Gasteiger partial charge on any atom is -0.337 e. The molecule has 2 aromatic carbocycles. The smallest absolute Gasteiger partial charge is 0.253 e. The van der Waals surface area contributed by atoms with E-state index in [1.165, 1.54) is 0 Å². The van der Waals surface area contributed by atoms with Crippen molar-refractivity contribution in [2.45, 2.75) is 6.54 Å². The van der Waals surface area contributed by atoms with Gasteiger partial charge in [0.1, 0.15) is 0 Å². The summed E-state index contributed by atoms with van der Waals surface area (Å²) in [7, 11) is 1.72. The minimum atomic E-state index is -0.112. The van der Waals surface area contributed by atoms with Crippen molar-refractivity contribution in [3.05, 3.63) is 66.2 Å². The van der Waals surface area contributed by atoms with Crippen LogP contribution in [0.15, 0.2) is 36.4 Å². The molecule has 0 bridgehead atoms. The molecule has 21 heavy (non-hydrogen) atoms. The van der Waals surface area contributed by atoms with Crippen LogP contribution in [0.4, 0.5) is 0 Å². The number of halogens is 4. The molecule has 2 rings (SSSR count). The van der Waals surface area contributed by atoms with Crippen molar-refractivity contribution in [3.63, 3.8) is 0 Å². The summed E-state index contributed by atoms with van der Waals surface area (Å²) < 4.78 is 0.911. The highest BCUT2D eigenvalue weighted by Crippen LogP contribution is 2.24. The van der Waals surface area contributed by atoms with Gasteiger partial charge in [-0.1, -0.05) is 40.9 Å². The summed E-state index contributed by atoms with van der Waals surface area (Å²) in [6.45, 7) is 0.401. The topological polar surface area (TPSA) is 20.3 Å². The molecule has 0 aliphatic carbocycles. The fourth-order valence-corrected chi connectivity index (χ4v) is 2.81. The summed E-state index contributed by atoms with van der Waals surface area (Å²) in [5.41, 5.74) is 1.39. The number of hydrogen-bond acceptors (Lipinski definition) is 1. The van der Waals surface area contributed by atoms with Crippen molar-refractivity contribution in [2.24, 2.45) is 0 Å². The summed E-state index contributed by atoms with van der Waals surface area (Å²) in [5.74, 6) is -0.112. The molecule has 6 heteroatoms. The summed E-state index contributed by atoms with van der Waals surface area (Å²) in [4.78, 5) is 14.0. The van der Waals surface area contributed by atoms with Crippen molar-refractivity contribution in [1.29, 1.82) is 0 Å². The van der Waals surface area contributed by atoms with Crippen LogP contribution in [-0.4, -0.2) is 17.9 Å². The van der Waals surface area contributed by atoms with Crippen LogP contribution in [0, 0.1) is 3.57 Å². The lowest BCUT2D eigenvalue weighted by Gasteiger charge is -2.18. The van der Waals surface area contributed by atoms with Crippen LogP contribution in [0.2, 0.25) is 15.1 Å². The van der Waals surface area contributed by atoms with Gasteiger partial charge in [-0.2, -0.15) is 0 Å². The van der Waals surface area contributed by atoms with Crippen molar-refractivity contribution >= 4 is 63.3 Å². The van der Waals surface area contributed by atoms with Gasteiger partial charge < -0.3 is 4.90 Å². The molecule has 2 nitrogen and oxygen atoms in total. The van der Waals surface area contributed by atoms with Gasteiger partial charge in [-0.15, -0.1) is 0 Å². The van der Waals surface area contributed by atoms with Gasteiger partial charge in [0.25, 0.3) is 5.91 Å². The first-order chi connectivity index (χ1) is 9.88. The second kappa shape index (κ2) is 7.18. The third kappa shape index (κ3) is 4.25. The second-order valence-corrected chi connectivity index (χ2v) is 6.94. The highest BCUT2D eigenvalue weighted by molar-refractivity contribution is 14.1. The van der Waals surface area contributed by atoms with E-state index in [-0.39, 0.29) is 5.91 Å². The molecule has 0 saturated heterocycles. The fourth-order valence-electron chi connectivity index (χ4n) is 1.83. The van der Waals surface area contributed by atoms with Gasteiger partial charge in [0, 0.05) is 32.8 Å². The van der Waals surface area contributed by atoms with E-state index < -0.39 is 0 Å². The Kier molecular flexibility index (Phi) is 5.77. The Bertz CT molecular complexity index is 691. The molecule has 0 aliphatic heterocycles. The van der Waals surface area contributed by atoms with Crippen molar-refractivity contribution in [1.82, 2.24) is 4.90 Å². The van der Waals surface area contributed by atoms with Crippen molar-refractivity contribution < 1.29 is 4.79 Å². The molecule has 0 saturated carbocycles. The normalized spacial score (nSPS) is 10.5. The molecule has 0 aliphatic rings. The average molecular weight is 455 g/mol. The van der Waals surface area contributed by atoms with E-state index in [9.17, 15) is 4.79 Å². The van der Waals surface area contributed by atoms with Crippen LogP contribution >= 0.6 is 57.4 Å². The first-order valence-corrected chi connectivity index (χ1v) is 8.24. The molecule has 0 N–H and O–H groups in total. The van der Waals surface area contributed by atoms with Gasteiger partial charge in [0.2, 0.25) is 0 Å². The van der Waals surface area contributed by atoms with Crippen molar-refractivity contribution in [2.75, 3.05) is 7.05 Å². The van der Waals surface area contributed by atoms with E-state index in [4.69, 9.17) is 34.8 Å². The van der Waals surface area contributed by atoms with Gasteiger partial charge in [-0.05, 0) is 58.5 Å². The molecule has 0 fully saturated rings. The maximum absolute atomic E-state index is 12.4. The van der Waals surface area contributed by atoms with Gasteiger partial charge in [-0.25, -0.2) is 0 Å². The Morgan fingerprint density at radius 3 is 2.43 bits per heavy atom. The number of benzene rings is 2. The molecule has 0 spiro atoms. The molecular formula is C15H11Cl3INO. The van der Waals surface area contributed by atoms with E-state index in [1.807, 2.05) is 12.1 Å². The predicted molar refractivity (Wildman–Crippen MR) is 96.4 cm³/mol. The molecular weight excluding hydrogens is 443 g/mol. The molecule has 1 amide bonds. The predicted octanol–water partition coefficient (Wildman–Crippen LogP) is 5.52. The Morgan fingerprint density at radius 1 is 1.10 bits per heavy atom. The Balaban J connectivity index is 2.17. The molecule has 0 radical (unpaired) electrons. The van der Waals surface area contributed by atoms with Crippen LogP contribution in [0.3, 0.4) is 0 Å². The molecule has 0 atom stereocenters. The zero-order valence-corrected chi connectivity index (χ0v) is 15.5. The van der Waals surface area contributed by atoms with Crippen LogP contribution in [0.25, 0.3) is 0 Å². The lowest BCUT2D eigenvalue weighted by molar-refractivity contribution is 0.0785. The number of nitrogens with zero attached hydrogens (tertiary/aromatic N) is 1. The number of hydrogen-bond donors (Lipinski definition) is 0. The second-order valence-electron chi connectivity index (χ2n) is 4.53. The SMILES string of the molecule is CN(Cc1ccc(Cl)cc1Cl)C(=O)c1ccc(I)c(Cl)c1. The third-order valence-electron chi connectivity index (χ3n) is 2.94. The van der Waals surface area contributed by atoms with E-state index in [0.29, 0.717) is 27.2 Å². The fraction of sp³-hybridized carbons (Fsp3) is 0.133. The van der Waals surface area contributed by atoms with Gasteiger partial charge in [0.15, 0.2) is 0 Å². The molecule has 2 aromatic rings. The minimum absolute atomic E-state index is 0.112. The first-order valence-electron chi connectivity index (χ1n) is 6.03. The zero-order valence-electron chi connectivity index (χ0n) is 11.0. The molecule has 0 heterocycles. The molecule has 0 aromatic heterocycles. The zero-order chi connectivity index (χ0) is 15.6. The average Bonchev–Trinajstić information content (AvgIpc) is 2.44. The maximum Gasteiger partial charge on any atom is 0.253 e. The first kappa shape index (κ1) is 16.9. The Labute approximate surface area is 152 Å². The lowest BCUT2D eigenvalue weighted by Crippen LogP contribution is -2.26. The van der Waals surface area contributed by atoms with Crippen LogP contribution in [0.5, 0.6) is 0 Å². The Hall–Kier alpha value is -0.490. The largest absolute Gasteiger partial charge is 0.337 e. The summed E-state index contributed by atoms with van der Waals surface area (Å²) in [5, 5.41) is 1.68. The summed E-state index contributed by atoms with van der Waals surface area (Å²) in [6.07, 6.45) is 0. The van der Waals surface area contributed by atoms with E-state index in [1.54, 1.807) is 36.2 Å². The van der Waals surface area contributed by atoms with E-state index >= 15 is 0 Å². The summed E-state index contributed by atoms with van der Waals surface area (Å²) >= 11 is 20.2. The summed E-state index contributed by atoms with van der Waals surface area (Å²) in [6, 6.07) is 10.5.